The third-order valence-corrected chi connectivity index (χ3v) is 4.32. The van der Waals surface area contributed by atoms with Gasteiger partial charge in [0.15, 0.2) is 0 Å². The Morgan fingerprint density at radius 3 is 1.75 bits per heavy atom. The van der Waals surface area contributed by atoms with Gasteiger partial charge in [-0.05, 0) is 64.5 Å². The quantitative estimate of drug-likeness (QED) is 0.762. The van der Waals surface area contributed by atoms with E-state index < -0.39 is 0 Å². The molecule has 0 saturated carbocycles. The van der Waals surface area contributed by atoms with E-state index in [2.05, 4.69) is 47.8 Å². The first-order valence-electron chi connectivity index (χ1n) is 7.43. The molecule has 0 aromatic heterocycles. The molecule has 0 amide bonds. The zero-order valence-electron chi connectivity index (χ0n) is 14.1. The summed E-state index contributed by atoms with van der Waals surface area (Å²) in [5, 5.41) is 10.1. The number of thioether (sulfide) groups is 1. The minimum Gasteiger partial charge on any atom is -0.508 e. The second kappa shape index (κ2) is 6.43. The molecule has 0 bridgehead atoms. The Morgan fingerprint density at radius 1 is 0.950 bits per heavy atom. The van der Waals surface area contributed by atoms with E-state index in [-0.39, 0.29) is 10.8 Å². The highest BCUT2D eigenvalue weighted by molar-refractivity contribution is 7.98. The summed E-state index contributed by atoms with van der Waals surface area (Å²) in [5.41, 5.74) is 4.16. The van der Waals surface area contributed by atoms with Crippen LogP contribution in [-0.2, 0) is 17.3 Å². The molecular weight excluding hydrogens is 264 g/mol. The Hall–Kier alpha value is -0.630. The molecule has 0 spiro atoms. The molecule has 1 aromatic rings. The summed E-state index contributed by atoms with van der Waals surface area (Å²) in [6.45, 7) is 13.4. The van der Waals surface area contributed by atoms with Crippen molar-refractivity contribution < 1.29 is 5.11 Å². The molecule has 1 N–H and O–H groups in total. The minimum absolute atomic E-state index is 0.0629. The van der Waals surface area contributed by atoms with E-state index in [1.54, 1.807) is 0 Å². The normalized spacial score (nSPS) is 12.8. The van der Waals surface area contributed by atoms with Crippen LogP contribution in [0.25, 0.3) is 0 Å². The van der Waals surface area contributed by atoms with Gasteiger partial charge in [0.2, 0.25) is 0 Å². The van der Waals surface area contributed by atoms with Crippen LogP contribution in [0.15, 0.2) is 12.1 Å². The van der Waals surface area contributed by atoms with E-state index in [0.717, 1.165) is 6.42 Å². The molecule has 0 atom stereocenters. The van der Waals surface area contributed by atoms with Gasteiger partial charge >= 0.3 is 0 Å². The summed E-state index contributed by atoms with van der Waals surface area (Å²) in [6, 6.07) is 3.92. The van der Waals surface area contributed by atoms with E-state index in [1.165, 1.54) is 28.9 Å². The molecule has 1 aromatic carbocycles. The molecule has 0 saturated heterocycles. The molecule has 0 heterocycles. The maximum atomic E-state index is 10.1. The average molecular weight is 295 g/mol. The Labute approximate surface area is 129 Å². The summed E-state index contributed by atoms with van der Waals surface area (Å²) in [7, 11) is 0. The topological polar surface area (TPSA) is 20.2 Å². The predicted molar refractivity (Wildman–Crippen MR) is 92.2 cm³/mol. The van der Waals surface area contributed by atoms with Crippen LogP contribution >= 0.6 is 11.8 Å². The van der Waals surface area contributed by atoms with Crippen molar-refractivity contribution in [3.05, 3.63) is 28.8 Å². The number of benzene rings is 1. The number of phenols is 1. The fourth-order valence-corrected chi connectivity index (χ4v) is 3.09. The molecule has 0 aliphatic carbocycles. The van der Waals surface area contributed by atoms with E-state index >= 15 is 0 Å². The van der Waals surface area contributed by atoms with Crippen LogP contribution in [0.4, 0.5) is 0 Å². The van der Waals surface area contributed by atoms with Crippen molar-refractivity contribution in [3.8, 4) is 5.75 Å². The zero-order chi connectivity index (χ0) is 15.6. The zero-order valence-corrected chi connectivity index (χ0v) is 14.9. The molecule has 0 aliphatic heterocycles. The molecular formula is C18H30OS. The first kappa shape index (κ1) is 17.4. The lowest BCUT2D eigenvalue weighted by molar-refractivity contribution is 0.463. The maximum absolute atomic E-state index is 10.1. The number of hydrogen-bond acceptors (Lipinski definition) is 2. The lowest BCUT2D eigenvalue weighted by Crippen LogP contribution is -2.21. The van der Waals surface area contributed by atoms with Gasteiger partial charge in [0.05, 0.1) is 0 Å². The third kappa shape index (κ3) is 4.44. The Morgan fingerprint density at radius 2 is 1.40 bits per heavy atom. The van der Waals surface area contributed by atoms with E-state index in [1.807, 2.05) is 23.9 Å². The summed E-state index contributed by atoms with van der Waals surface area (Å²) in [4.78, 5) is 0. The molecule has 0 unspecified atom stereocenters. The van der Waals surface area contributed by atoms with Gasteiger partial charge < -0.3 is 5.11 Å². The van der Waals surface area contributed by atoms with Gasteiger partial charge in [-0.3, -0.25) is 0 Å². The fraction of sp³-hybridized carbons (Fsp3) is 0.667. The monoisotopic (exact) mass is 294 g/mol. The van der Waals surface area contributed by atoms with Crippen molar-refractivity contribution in [3.63, 3.8) is 0 Å². The molecule has 1 rings (SSSR count). The smallest absolute Gasteiger partial charge is 0.116 e. The number of rotatable bonds is 4. The van der Waals surface area contributed by atoms with E-state index in [9.17, 15) is 5.11 Å². The molecule has 20 heavy (non-hydrogen) atoms. The van der Waals surface area contributed by atoms with Crippen LogP contribution in [0.2, 0.25) is 0 Å². The van der Waals surface area contributed by atoms with Crippen molar-refractivity contribution in [1.29, 1.82) is 0 Å². The maximum Gasteiger partial charge on any atom is 0.116 e. The largest absolute Gasteiger partial charge is 0.508 e. The second-order valence-electron chi connectivity index (χ2n) is 7.62. The highest BCUT2D eigenvalue weighted by atomic mass is 32.2. The van der Waals surface area contributed by atoms with Crippen molar-refractivity contribution in [1.82, 2.24) is 0 Å². The van der Waals surface area contributed by atoms with Gasteiger partial charge in [0.25, 0.3) is 0 Å². The first-order valence-corrected chi connectivity index (χ1v) is 8.82. The van der Waals surface area contributed by atoms with Crippen LogP contribution in [-0.4, -0.2) is 17.1 Å². The van der Waals surface area contributed by atoms with Crippen LogP contribution in [0.3, 0.4) is 0 Å². The standard InChI is InChI=1S/C18H30OS/c1-17(2,3)15-11-13(19)12-16(18(4,5)6)14(15)9-8-10-20-7/h11-12,19H,8-10H2,1-7H3. The van der Waals surface area contributed by atoms with Gasteiger partial charge in [0, 0.05) is 0 Å². The molecule has 0 fully saturated rings. The van der Waals surface area contributed by atoms with Crippen molar-refractivity contribution in [2.45, 2.75) is 65.2 Å². The minimum atomic E-state index is 0.0629. The van der Waals surface area contributed by atoms with E-state index in [4.69, 9.17) is 0 Å². The highest BCUT2D eigenvalue weighted by Crippen LogP contribution is 2.37. The van der Waals surface area contributed by atoms with Crippen LogP contribution < -0.4 is 0 Å². The third-order valence-electron chi connectivity index (χ3n) is 3.63. The Kier molecular flexibility index (Phi) is 5.60. The molecule has 2 heteroatoms. The van der Waals surface area contributed by atoms with Crippen molar-refractivity contribution >= 4 is 11.8 Å². The predicted octanol–water partition coefficient (Wildman–Crippen LogP) is 5.28. The molecule has 1 nitrogen and oxygen atoms in total. The number of aromatic hydroxyl groups is 1. The fourth-order valence-electron chi connectivity index (χ4n) is 2.66. The van der Waals surface area contributed by atoms with Crippen LogP contribution in [0.1, 0.15) is 64.7 Å². The Bertz CT molecular complexity index is 414. The molecule has 114 valence electrons. The summed E-state index contributed by atoms with van der Waals surface area (Å²) < 4.78 is 0. The van der Waals surface area contributed by atoms with Gasteiger partial charge in [0.1, 0.15) is 5.75 Å². The second-order valence-corrected chi connectivity index (χ2v) is 8.60. The van der Waals surface area contributed by atoms with Crippen LogP contribution in [0, 0.1) is 0 Å². The van der Waals surface area contributed by atoms with Crippen molar-refractivity contribution in [2.75, 3.05) is 12.0 Å². The Balaban J connectivity index is 3.38. The van der Waals surface area contributed by atoms with Crippen LogP contribution in [0.5, 0.6) is 5.75 Å². The van der Waals surface area contributed by atoms with Gasteiger partial charge in [-0.2, -0.15) is 11.8 Å². The average Bonchev–Trinajstić information content (AvgIpc) is 2.28. The highest BCUT2D eigenvalue weighted by Gasteiger charge is 2.26. The molecule has 0 aliphatic rings. The van der Waals surface area contributed by atoms with E-state index in [0.29, 0.717) is 5.75 Å². The lowest BCUT2D eigenvalue weighted by Gasteiger charge is -2.30. The number of phenolic OH excluding ortho intramolecular Hbond substituents is 1. The summed E-state index contributed by atoms with van der Waals surface area (Å²) in [5.74, 6) is 1.59. The SMILES string of the molecule is CSCCCc1c(C(C)(C)C)cc(O)cc1C(C)(C)C. The summed E-state index contributed by atoms with van der Waals surface area (Å²) >= 11 is 1.90. The first-order chi connectivity index (χ1) is 9.07. The van der Waals surface area contributed by atoms with Gasteiger partial charge in [-0.1, -0.05) is 41.5 Å². The van der Waals surface area contributed by atoms with Gasteiger partial charge in [-0.25, -0.2) is 0 Å². The molecule has 0 radical (unpaired) electrons. The van der Waals surface area contributed by atoms with Crippen molar-refractivity contribution in [2.24, 2.45) is 0 Å². The summed E-state index contributed by atoms with van der Waals surface area (Å²) in [6.07, 6.45) is 4.45. The number of hydrogen-bond donors (Lipinski definition) is 1. The lowest BCUT2D eigenvalue weighted by atomic mass is 9.75. The van der Waals surface area contributed by atoms with Gasteiger partial charge in [-0.15, -0.1) is 0 Å².